The Balaban J connectivity index is 1.74. The fraction of sp³-hybridized carbons (Fsp3) is 0.0526. The smallest absolute Gasteiger partial charge is 0.150 e. The first-order chi connectivity index (χ1) is 10.9. The highest BCUT2D eigenvalue weighted by molar-refractivity contribution is 5.87. The van der Waals surface area contributed by atoms with Crippen molar-refractivity contribution < 1.29 is 9.53 Å². The fourth-order valence-corrected chi connectivity index (χ4v) is 2.22. The zero-order chi connectivity index (χ0) is 15.2. The molecule has 22 heavy (non-hydrogen) atoms. The molecule has 0 fully saturated rings. The number of rotatable bonds is 5. The minimum atomic E-state index is 0.534. The third-order valence-corrected chi connectivity index (χ3v) is 3.40. The van der Waals surface area contributed by atoms with Crippen molar-refractivity contribution in [3.8, 4) is 16.9 Å². The second-order valence-corrected chi connectivity index (χ2v) is 4.88. The molecule has 1 aromatic heterocycles. The lowest BCUT2D eigenvalue weighted by atomic mass is 10.0. The third kappa shape index (κ3) is 3.20. The van der Waals surface area contributed by atoms with E-state index in [1.54, 1.807) is 18.5 Å². The van der Waals surface area contributed by atoms with E-state index >= 15 is 0 Å². The van der Waals surface area contributed by atoms with Gasteiger partial charge in [-0.15, -0.1) is 0 Å². The summed E-state index contributed by atoms with van der Waals surface area (Å²) in [6, 6.07) is 19.4. The summed E-state index contributed by atoms with van der Waals surface area (Å²) >= 11 is 0. The molecule has 0 atom stereocenters. The first-order valence-electron chi connectivity index (χ1n) is 7.03. The van der Waals surface area contributed by atoms with Gasteiger partial charge in [0.1, 0.15) is 12.4 Å². The van der Waals surface area contributed by atoms with Crippen LogP contribution in [0.1, 0.15) is 15.9 Å². The molecule has 1 heterocycles. The molecule has 0 unspecified atom stereocenters. The van der Waals surface area contributed by atoms with Gasteiger partial charge in [-0.2, -0.15) is 0 Å². The molecular formula is C19H15NO2. The Morgan fingerprint density at radius 2 is 1.73 bits per heavy atom. The summed E-state index contributed by atoms with van der Waals surface area (Å²) in [6.45, 7) is 0.534. The Bertz CT molecular complexity index is 752. The highest BCUT2D eigenvalue weighted by Crippen LogP contribution is 2.24. The number of aromatic nitrogens is 1. The van der Waals surface area contributed by atoms with Crippen LogP contribution in [0, 0.1) is 0 Å². The first kappa shape index (κ1) is 14.0. The molecule has 3 rings (SSSR count). The van der Waals surface area contributed by atoms with Crippen molar-refractivity contribution in [2.75, 3.05) is 0 Å². The molecule has 0 aliphatic carbocycles. The normalized spacial score (nSPS) is 10.2. The average molecular weight is 289 g/mol. The third-order valence-electron chi connectivity index (χ3n) is 3.40. The minimum absolute atomic E-state index is 0.534. The van der Waals surface area contributed by atoms with Crippen LogP contribution >= 0.6 is 0 Å². The van der Waals surface area contributed by atoms with Gasteiger partial charge in [-0.25, -0.2) is 0 Å². The van der Waals surface area contributed by atoms with Crippen LogP contribution in [0.5, 0.6) is 5.75 Å². The molecule has 0 spiro atoms. The molecule has 3 aromatic rings. The number of hydrogen-bond donors (Lipinski definition) is 0. The van der Waals surface area contributed by atoms with Crippen LogP contribution in [0.25, 0.3) is 11.1 Å². The number of carbonyl (C=O) groups excluding carboxylic acids is 1. The lowest BCUT2D eigenvalue weighted by Gasteiger charge is -2.08. The van der Waals surface area contributed by atoms with Crippen molar-refractivity contribution in [3.63, 3.8) is 0 Å². The highest BCUT2D eigenvalue weighted by Gasteiger charge is 2.04. The summed E-state index contributed by atoms with van der Waals surface area (Å²) in [5.41, 5.74) is 3.53. The van der Waals surface area contributed by atoms with Crippen molar-refractivity contribution in [1.82, 2.24) is 4.98 Å². The van der Waals surface area contributed by atoms with Gasteiger partial charge in [0.05, 0.1) is 0 Å². The predicted octanol–water partition coefficient (Wildman–Crippen LogP) is 4.14. The Labute approximate surface area is 129 Å². The maximum atomic E-state index is 11.1. The molecule has 108 valence electrons. The first-order valence-corrected chi connectivity index (χ1v) is 7.03. The largest absolute Gasteiger partial charge is 0.489 e. The second kappa shape index (κ2) is 6.68. The van der Waals surface area contributed by atoms with Crippen molar-refractivity contribution in [2.24, 2.45) is 0 Å². The van der Waals surface area contributed by atoms with E-state index in [1.165, 1.54) is 0 Å². The van der Waals surface area contributed by atoms with Crippen molar-refractivity contribution in [1.29, 1.82) is 0 Å². The van der Waals surface area contributed by atoms with Gasteiger partial charge in [0.2, 0.25) is 0 Å². The van der Waals surface area contributed by atoms with Gasteiger partial charge in [-0.3, -0.25) is 9.78 Å². The summed E-state index contributed by atoms with van der Waals surface area (Å²) in [4.78, 5) is 15.2. The number of aldehydes is 1. The van der Waals surface area contributed by atoms with E-state index in [9.17, 15) is 4.79 Å². The summed E-state index contributed by atoms with van der Waals surface area (Å²) in [5.74, 6) is 0.796. The number of nitrogens with zero attached hydrogens (tertiary/aromatic N) is 1. The summed E-state index contributed by atoms with van der Waals surface area (Å²) < 4.78 is 5.75. The Hall–Kier alpha value is -2.94. The SMILES string of the molecule is O=Cc1ccncc1-c1ccc(OCc2ccccc2)cc1. The maximum absolute atomic E-state index is 11.1. The van der Waals surface area contributed by atoms with Crippen LogP contribution in [0.2, 0.25) is 0 Å². The molecule has 0 bridgehead atoms. The Kier molecular flexibility index (Phi) is 4.25. The van der Waals surface area contributed by atoms with Crippen molar-refractivity contribution >= 4 is 6.29 Å². The zero-order valence-corrected chi connectivity index (χ0v) is 12.0. The Morgan fingerprint density at radius 1 is 0.955 bits per heavy atom. The van der Waals surface area contributed by atoms with Gasteiger partial charge in [0.25, 0.3) is 0 Å². The minimum Gasteiger partial charge on any atom is -0.489 e. The topological polar surface area (TPSA) is 39.2 Å². The van der Waals surface area contributed by atoms with Crippen LogP contribution in [0.3, 0.4) is 0 Å². The molecule has 0 N–H and O–H groups in total. The van der Waals surface area contributed by atoms with Crippen LogP contribution < -0.4 is 4.74 Å². The highest BCUT2D eigenvalue weighted by atomic mass is 16.5. The number of carbonyl (C=O) groups is 1. The van der Waals surface area contributed by atoms with E-state index in [2.05, 4.69) is 4.98 Å². The molecule has 0 aliphatic heterocycles. The standard InChI is InChI=1S/C19H15NO2/c21-13-17-10-11-20-12-19(17)16-6-8-18(9-7-16)22-14-15-4-2-1-3-5-15/h1-13H,14H2. The van der Waals surface area contributed by atoms with E-state index < -0.39 is 0 Å². The van der Waals surface area contributed by atoms with Gasteiger partial charge in [0, 0.05) is 23.5 Å². The van der Waals surface area contributed by atoms with Gasteiger partial charge < -0.3 is 4.74 Å². The number of pyridine rings is 1. The van der Waals surface area contributed by atoms with E-state index in [4.69, 9.17) is 4.74 Å². The summed E-state index contributed by atoms with van der Waals surface area (Å²) in [6.07, 6.45) is 4.16. The molecule has 0 radical (unpaired) electrons. The van der Waals surface area contributed by atoms with E-state index in [0.717, 1.165) is 28.7 Å². The lowest BCUT2D eigenvalue weighted by Crippen LogP contribution is -1.95. The van der Waals surface area contributed by atoms with Gasteiger partial charge in [-0.1, -0.05) is 42.5 Å². The van der Waals surface area contributed by atoms with Crippen LogP contribution in [-0.4, -0.2) is 11.3 Å². The van der Waals surface area contributed by atoms with Crippen LogP contribution in [0.15, 0.2) is 73.1 Å². The number of benzene rings is 2. The molecule has 3 heteroatoms. The molecular weight excluding hydrogens is 274 g/mol. The lowest BCUT2D eigenvalue weighted by molar-refractivity contribution is 0.112. The number of hydrogen-bond acceptors (Lipinski definition) is 3. The van der Waals surface area contributed by atoms with Crippen molar-refractivity contribution in [3.05, 3.63) is 84.2 Å². The van der Waals surface area contributed by atoms with Gasteiger partial charge in [0.15, 0.2) is 6.29 Å². The summed E-state index contributed by atoms with van der Waals surface area (Å²) in [7, 11) is 0. The van der Waals surface area contributed by atoms with Crippen LogP contribution in [0.4, 0.5) is 0 Å². The van der Waals surface area contributed by atoms with Crippen LogP contribution in [-0.2, 0) is 6.61 Å². The van der Waals surface area contributed by atoms with Gasteiger partial charge >= 0.3 is 0 Å². The molecule has 0 saturated carbocycles. The fourth-order valence-electron chi connectivity index (χ4n) is 2.22. The predicted molar refractivity (Wildman–Crippen MR) is 85.8 cm³/mol. The monoisotopic (exact) mass is 289 g/mol. The Morgan fingerprint density at radius 3 is 2.45 bits per heavy atom. The molecule has 0 amide bonds. The molecule has 2 aromatic carbocycles. The maximum Gasteiger partial charge on any atom is 0.150 e. The van der Waals surface area contributed by atoms with E-state index in [0.29, 0.717) is 12.2 Å². The molecule has 0 aliphatic rings. The quantitative estimate of drug-likeness (QED) is 0.663. The average Bonchev–Trinajstić information content (AvgIpc) is 2.61. The van der Waals surface area contributed by atoms with Gasteiger partial charge in [-0.05, 0) is 29.3 Å². The van der Waals surface area contributed by atoms with Crippen molar-refractivity contribution in [2.45, 2.75) is 6.61 Å². The second-order valence-electron chi connectivity index (χ2n) is 4.88. The number of ether oxygens (including phenoxy) is 1. The van der Waals surface area contributed by atoms with E-state index in [-0.39, 0.29) is 0 Å². The molecule has 3 nitrogen and oxygen atoms in total. The zero-order valence-electron chi connectivity index (χ0n) is 12.0. The molecule has 0 saturated heterocycles. The summed E-state index contributed by atoms with van der Waals surface area (Å²) in [5, 5.41) is 0. The van der Waals surface area contributed by atoms with E-state index in [1.807, 2.05) is 54.6 Å².